The van der Waals surface area contributed by atoms with Crippen LogP contribution in [0, 0.1) is 13.8 Å². The van der Waals surface area contributed by atoms with Crippen molar-refractivity contribution in [1.29, 1.82) is 0 Å². The Kier molecular flexibility index (Phi) is 3.96. The second-order valence-electron chi connectivity index (χ2n) is 7.38. The van der Waals surface area contributed by atoms with E-state index in [-0.39, 0.29) is 10.8 Å². The van der Waals surface area contributed by atoms with Gasteiger partial charge in [0, 0.05) is 11.1 Å². The van der Waals surface area contributed by atoms with Crippen LogP contribution in [0.3, 0.4) is 0 Å². The molecule has 0 unspecified atom stereocenters. The van der Waals surface area contributed by atoms with Crippen molar-refractivity contribution in [3.05, 3.63) is 22.3 Å². The summed E-state index contributed by atoms with van der Waals surface area (Å²) in [5.41, 5.74) is 3.82. The Labute approximate surface area is 117 Å². The van der Waals surface area contributed by atoms with E-state index in [4.69, 9.17) is 4.74 Å². The van der Waals surface area contributed by atoms with Crippen molar-refractivity contribution in [2.75, 3.05) is 7.11 Å². The molecular formula is C17H28O2. The predicted molar refractivity (Wildman–Crippen MR) is 81.5 cm³/mol. The van der Waals surface area contributed by atoms with Gasteiger partial charge >= 0.3 is 0 Å². The molecule has 1 N–H and O–H groups in total. The van der Waals surface area contributed by atoms with Crippen LogP contribution in [0.25, 0.3) is 0 Å². The first kappa shape index (κ1) is 15.9. The van der Waals surface area contributed by atoms with Crippen LogP contribution >= 0.6 is 0 Å². The van der Waals surface area contributed by atoms with Gasteiger partial charge in [0.2, 0.25) is 0 Å². The van der Waals surface area contributed by atoms with Crippen molar-refractivity contribution < 1.29 is 9.84 Å². The lowest BCUT2D eigenvalue weighted by Gasteiger charge is -2.32. The number of phenols is 1. The van der Waals surface area contributed by atoms with Crippen LogP contribution < -0.4 is 4.74 Å². The van der Waals surface area contributed by atoms with E-state index in [1.807, 2.05) is 13.8 Å². The molecule has 2 nitrogen and oxygen atoms in total. The minimum atomic E-state index is -0.116. The second kappa shape index (κ2) is 4.73. The van der Waals surface area contributed by atoms with Crippen molar-refractivity contribution in [2.24, 2.45) is 0 Å². The van der Waals surface area contributed by atoms with Gasteiger partial charge in [0.15, 0.2) is 0 Å². The van der Waals surface area contributed by atoms with Gasteiger partial charge in [0.05, 0.1) is 7.11 Å². The van der Waals surface area contributed by atoms with E-state index in [1.165, 1.54) is 0 Å². The molecule has 0 bridgehead atoms. The fourth-order valence-corrected chi connectivity index (χ4v) is 3.13. The van der Waals surface area contributed by atoms with E-state index < -0.39 is 0 Å². The van der Waals surface area contributed by atoms with Gasteiger partial charge in [-0.1, -0.05) is 41.5 Å². The van der Waals surface area contributed by atoms with Crippen molar-refractivity contribution in [2.45, 2.75) is 66.2 Å². The van der Waals surface area contributed by atoms with Gasteiger partial charge in [0.25, 0.3) is 0 Å². The van der Waals surface area contributed by atoms with E-state index in [1.54, 1.807) is 7.11 Å². The zero-order valence-electron chi connectivity index (χ0n) is 13.9. The third kappa shape index (κ3) is 2.72. The fourth-order valence-electron chi connectivity index (χ4n) is 3.13. The molecule has 1 aromatic carbocycles. The normalized spacial score (nSPS) is 12.7. The van der Waals surface area contributed by atoms with Gasteiger partial charge in [-0.05, 0) is 35.8 Å². The monoisotopic (exact) mass is 264 g/mol. The van der Waals surface area contributed by atoms with Crippen molar-refractivity contribution >= 4 is 0 Å². The molecule has 0 radical (unpaired) electrons. The van der Waals surface area contributed by atoms with E-state index in [2.05, 4.69) is 41.5 Å². The van der Waals surface area contributed by atoms with Gasteiger partial charge in [-0.3, -0.25) is 0 Å². The van der Waals surface area contributed by atoms with Crippen LogP contribution in [0.5, 0.6) is 11.5 Å². The molecule has 0 amide bonds. The molecule has 0 saturated heterocycles. The minimum absolute atomic E-state index is 0.116. The summed E-state index contributed by atoms with van der Waals surface area (Å²) >= 11 is 0. The molecule has 108 valence electrons. The third-order valence-corrected chi connectivity index (χ3v) is 3.61. The zero-order valence-corrected chi connectivity index (χ0v) is 13.9. The summed E-state index contributed by atoms with van der Waals surface area (Å²) in [5, 5.41) is 10.8. The topological polar surface area (TPSA) is 29.5 Å². The van der Waals surface area contributed by atoms with Gasteiger partial charge in [-0.25, -0.2) is 0 Å². The number of rotatable bonds is 1. The smallest absolute Gasteiger partial charge is 0.125 e. The first-order valence-corrected chi connectivity index (χ1v) is 6.84. The van der Waals surface area contributed by atoms with Crippen LogP contribution in [0.1, 0.15) is 63.8 Å². The first-order chi connectivity index (χ1) is 8.42. The van der Waals surface area contributed by atoms with E-state index >= 15 is 0 Å². The van der Waals surface area contributed by atoms with Gasteiger partial charge in [0.1, 0.15) is 11.5 Å². The Morgan fingerprint density at radius 1 is 0.789 bits per heavy atom. The number of phenolic OH excluding ortho intramolecular Hbond substituents is 1. The van der Waals surface area contributed by atoms with Crippen LogP contribution in [0.2, 0.25) is 0 Å². The number of hydrogen-bond donors (Lipinski definition) is 1. The molecular weight excluding hydrogens is 236 g/mol. The molecule has 0 fully saturated rings. The van der Waals surface area contributed by atoms with Crippen LogP contribution in [-0.4, -0.2) is 12.2 Å². The standard InChI is InChI=1S/C17H28O2/c1-10-12(16(3,4)5)14(18)13(17(6,7)8)11(2)15(10)19-9/h18H,1-9H3. The first-order valence-electron chi connectivity index (χ1n) is 6.84. The molecule has 0 atom stereocenters. The predicted octanol–water partition coefficient (Wildman–Crippen LogP) is 4.61. The molecule has 0 aliphatic heterocycles. The number of methoxy groups -OCH3 is 1. The lowest BCUT2D eigenvalue weighted by Crippen LogP contribution is -2.20. The molecule has 0 aromatic heterocycles. The number of aromatic hydroxyl groups is 1. The largest absolute Gasteiger partial charge is 0.507 e. The summed E-state index contributed by atoms with van der Waals surface area (Å²) in [7, 11) is 1.70. The quantitative estimate of drug-likeness (QED) is 0.802. The highest BCUT2D eigenvalue weighted by atomic mass is 16.5. The fraction of sp³-hybridized carbons (Fsp3) is 0.647. The Hall–Kier alpha value is -1.18. The van der Waals surface area contributed by atoms with Crippen molar-refractivity contribution in [3.63, 3.8) is 0 Å². The van der Waals surface area contributed by atoms with Crippen LogP contribution in [0.4, 0.5) is 0 Å². The molecule has 0 spiro atoms. The second-order valence-corrected chi connectivity index (χ2v) is 7.38. The van der Waals surface area contributed by atoms with E-state index in [0.29, 0.717) is 5.75 Å². The Bertz CT molecular complexity index is 444. The Morgan fingerprint density at radius 3 is 1.32 bits per heavy atom. The summed E-state index contributed by atoms with van der Waals surface area (Å²) in [4.78, 5) is 0. The zero-order chi connectivity index (χ0) is 15.2. The lowest BCUT2D eigenvalue weighted by molar-refractivity contribution is 0.387. The maximum absolute atomic E-state index is 10.8. The van der Waals surface area contributed by atoms with Crippen molar-refractivity contribution in [3.8, 4) is 11.5 Å². The number of benzene rings is 1. The molecule has 0 aliphatic rings. The highest BCUT2D eigenvalue weighted by Gasteiger charge is 2.31. The Morgan fingerprint density at radius 2 is 1.11 bits per heavy atom. The van der Waals surface area contributed by atoms with Crippen LogP contribution in [-0.2, 0) is 10.8 Å². The molecule has 1 aromatic rings. The molecule has 1 rings (SSSR count). The maximum atomic E-state index is 10.8. The molecule has 2 heteroatoms. The van der Waals surface area contributed by atoms with Crippen molar-refractivity contribution in [1.82, 2.24) is 0 Å². The number of hydrogen-bond acceptors (Lipinski definition) is 2. The lowest BCUT2D eigenvalue weighted by atomic mass is 9.75. The van der Waals surface area contributed by atoms with Crippen LogP contribution in [0.15, 0.2) is 0 Å². The number of ether oxygens (including phenoxy) is 1. The molecule has 0 saturated carbocycles. The summed E-state index contributed by atoms with van der Waals surface area (Å²) in [6, 6.07) is 0. The summed E-state index contributed by atoms with van der Waals surface area (Å²) < 4.78 is 5.59. The average molecular weight is 264 g/mol. The van der Waals surface area contributed by atoms with Gasteiger partial charge in [-0.15, -0.1) is 0 Å². The molecule has 0 aliphatic carbocycles. The summed E-state index contributed by atoms with van der Waals surface area (Å²) in [6.45, 7) is 16.8. The summed E-state index contributed by atoms with van der Waals surface area (Å²) in [5.74, 6) is 1.32. The molecule has 0 heterocycles. The molecule has 19 heavy (non-hydrogen) atoms. The highest BCUT2D eigenvalue weighted by Crippen LogP contribution is 2.47. The third-order valence-electron chi connectivity index (χ3n) is 3.61. The minimum Gasteiger partial charge on any atom is -0.507 e. The average Bonchev–Trinajstić information content (AvgIpc) is 2.12. The van der Waals surface area contributed by atoms with E-state index in [9.17, 15) is 5.11 Å². The SMILES string of the molecule is COc1c(C)c(C(C)(C)C)c(O)c(C(C)(C)C)c1C. The van der Waals surface area contributed by atoms with Gasteiger partial charge < -0.3 is 9.84 Å². The Balaban J connectivity index is 3.88. The maximum Gasteiger partial charge on any atom is 0.125 e. The van der Waals surface area contributed by atoms with E-state index in [0.717, 1.165) is 28.0 Å². The summed E-state index contributed by atoms with van der Waals surface area (Å²) in [6.07, 6.45) is 0. The highest BCUT2D eigenvalue weighted by molar-refractivity contribution is 5.61. The van der Waals surface area contributed by atoms with Gasteiger partial charge in [-0.2, -0.15) is 0 Å².